The fourth-order valence-corrected chi connectivity index (χ4v) is 5.57. The zero-order chi connectivity index (χ0) is 28.7. The maximum Gasteiger partial charge on any atom is 0.319 e. The van der Waals surface area contributed by atoms with Gasteiger partial charge in [-0.25, -0.2) is 4.39 Å². The minimum Gasteiger partial charge on any atom is -0.508 e. The summed E-state index contributed by atoms with van der Waals surface area (Å²) in [5.74, 6) is 0.0421. The van der Waals surface area contributed by atoms with Gasteiger partial charge in [0.15, 0.2) is 5.82 Å². The third-order valence-corrected chi connectivity index (χ3v) is 7.71. The van der Waals surface area contributed by atoms with E-state index in [0.29, 0.717) is 34.5 Å². The van der Waals surface area contributed by atoms with E-state index in [1.54, 1.807) is 12.3 Å². The number of rotatable bonds is 8. The molecule has 2 aromatic heterocycles. The minimum atomic E-state index is -0.592. The smallest absolute Gasteiger partial charge is 0.319 e. The summed E-state index contributed by atoms with van der Waals surface area (Å²) in [6, 6.07) is 11.5. The van der Waals surface area contributed by atoms with E-state index >= 15 is 4.39 Å². The highest BCUT2D eigenvalue weighted by Crippen LogP contribution is 2.37. The molecule has 2 atom stereocenters. The van der Waals surface area contributed by atoms with Crippen LogP contribution in [0.4, 0.5) is 10.2 Å². The summed E-state index contributed by atoms with van der Waals surface area (Å²) in [7, 11) is 1.87. The van der Waals surface area contributed by atoms with Crippen molar-refractivity contribution >= 4 is 27.5 Å². The highest BCUT2D eigenvalue weighted by Gasteiger charge is 2.34. The first kappa shape index (κ1) is 26.7. The average molecular weight is 553 g/mol. The Balaban J connectivity index is 1.43. The maximum atomic E-state index is 16.4. The molecule has 2 aliphatic rings. The predicted octanol–water partition coefficient (Wildman–Crippen LogP) is 5.54. The predicted molar refractivity (Wildman–Crippen MR) is 160 cm³/mol. The molecule has 4 heterocycles. The van der Waals surface area contributed by atoms with Crippen molar-refractivity contribution in [1.29, 1.82) is 0 Å². The number of nitrogens with zero attached hydrogens (tertiary/aromatic N) is 5. The summed E-state index contributed by atoms with van der Waals surface area (Å²) < 4.78 is 22.5. The fourth-order valence-electron chi connectivity index (χ4n) is 5.57. The van der Waals surface area contributed by atoms with Gasteiger partial charge in [-0.1, -0.05) is 43.0 Å². The zero-order valence-electron chi connectivity index (χ0n) is 23.3. The molecule has 9 heteroatoms. The van der Waals surface area contributed by atoms with Crippen LogP contribution in [0.25, 0.3) is 32.9 Å². The van der Waals surface area contributed by atoms with Gasteiger partial charge in [-0.2, -0.15) is 9.97 Å². The number of halogens is 1. The van der Waals surface area contributed by atoms with E-state index in [2.05, 4.69) is 33.3 Å². The Bertz CT molecular complexity index is 1690. The number of piperazine rings is 1. The zero-order valence-corrected chi connectivity index (χ0v) is 23.3. The Morgan fingerprint density at radius 2 is 1.93 bits per heavy atom. The highest BCUT2D eigenvalue weighted by atomic mass is 19.1. The number of phenols is 1. The Kier molecular flexibility index (Phi) is 7.05. The molecule has 0 saturated carbocycles. The number of phenolic OH excluding ortho intramolecular Hbond substituents is 1. The number of ether oxygens (including phenoxy) is 1. The lowest BCUT2D eigenvalue weighted by Crippen LogP contribution is -2.51. The molecule has 0 radical (unpaired) electrons. The topological polar surface area (TPSA) is 86.6 Å². The maximum absolute atomic E-state index is 16.4. The summed E-state index contributed by atoms with van der Waals surface area (Å²) in [5.41, 5.74) is 2.30. The van der Waals surface area contributed by atoms with Gasteiger partial charge in [0.05, 0.1) is 5.39 Å². The van der Waals surface area contributed by atoms with Gasteiger partial charge in [0.25, 0.3) is 0 Å². The number of hydrogen-bond acceptors (Lipinski definition) is 8. The molecule has 0 aliphatic carbocycles. The molecule has 2 bridgehead atoms. The van der Waals surface area contributed by atoms with Crippen molar-refractivity contribution in [2.75, 3.05) is 31.6 Å². The normalized spacial score (nSPS) is 18.4. The molecule has 6 rings (SSSR count). The Morgan fingerprint density at radius 3 is 2.68 bits per heavy atom. The van der Waals surface area contributed by atoms with E-state index < -0.39 is 5.82 Å². The van der Waals surface area contributed by atoms with E-state index in [9.17, 15) is 5.11 Å². The number of fused-ring (bicyclic) bond motifs is 4. The van der Waals surface area contributed by atoms with Crippen molar-refractivity contribution < 1.29 is 14.2 Å². The van der Waals surface area contributed by atoms with Crippen LogP contribution in [0.2, 0.25) is 0 Å². The van der Waals surface area contributed by atoms with E-state index in [4.69, 9.17) is 9.72 Å². The molecule has 210 valence electrons. The minimum absolute atomic E-state index is 0.0343. The third-order valence-electron chi connectivity index (χ3n) is 7.71. The summed E-state index contributed by atoms with van der Waals surface area (Å²) >= 11 is 0. The van der Waals surface area contributed by atoms with Crippen molar-refractivity contribution in [3.05, 3.63) is 85.1 Å². The second-order valence-corrected chi connectivity index (χ2v) is 10.9. The largest absolute Gasteiger partial charge is 0.508 e. The number of likely N-dealkylation sites (N-methyl/N-ethyl adjacent to an activating group) is 1. The molecule has 0 amide bonds. The number of aromatic hydroxyl groups is 1. The van der Waals surface area contributed by atoms with Crippen molar-refractivity contribution in [2.45, 2.75) is 31.8 Å². The van der Waals surface area contributed by atoms with Crippen LogP contribution in [0, 0.1) is 5.82 Å². The fraction of sp³-hybridized carbons (Fsp3) is 0.281. The number of nitrogens with one attached hydrogen (secondary N) is 1. The second kappa shape index (κ2) is 10.8. The SMILES string of the molecule is C=C(C)/C=C\N(C)C(=C)COc1nc(N2CC3CCC(C2)N3)c2cnc(-c3cc(O)cc4ccccc34)c(F)c2n1. The van der Waals surface area contributed by atoms with Crippen LogP contribution in [-0.2, 0) is 0 Å². The molecule has 4 aromatic rings. The summed E-state index contributed by atoms with van der Waals surface area (Å²) in [6.45, 7) is 11.5. The monoisotopic (exact) mass is 552 g/mol. The molecule has 41 heavy (non-hydrogen) atoms. The van der Waals surface area contributed by atoms with Crippen LogP contribution < -0.4 is 15.0 Å². The van der Waals surface area contributed by atoms with Crippen LogP contribution in [-0.4, -0.2) is 63.8 Å². The number of anilines is 1. The standard InChI is InChI=1S/C32H33FN6O2/c1-19(2)11-12-38(4)20(3)18-41-32-36-30-27(31(37-32)39-16-22-9-10-23(17-39)35-22)15-34-29(28(30)33)26-14-24(40)13-21-7-5-6-8-25(21)26/h5-8,11-15,22-23,35,40H,1,3,9-10,16-18H2,2,4H3/b12-11-. The first-order valence-electron chi connectivity index (χ1n) is 13.7. The first-order valence-corrected chi connectivity index (χ1v) is 13.7. The highest BCUT2D eigenvalue weighted by molar-refractivity contribution is 5.99. The molecule has 8 nitrogen and oxygen atoms in total. The molecule has 2 saturated heterocycles. The van der Waals surface area contributed by atoms with E-state index in [0.717, 1.165) is 42.3 Å². The van der Waals surface area contributed by atoms with Crippen LogP contribution in [0.5, 0.6) is 11.8 Å². The molecule has 2 unspecified atom stereocenters. The lowest BCUT2D eigenvalue weighted by molar-refractivity contribution is 0.297. The summed E-state index contributed by atoms with van der Waals surface area (Å²) in [6.07, 6.45) is 7.56. The molecular formula is C32H33FN6O2. The Morgan fingerprint density at radius 1 is 1.17 bits per heavy atom. The van der Waals surface area contributed by atoms with Gasteiger partial charge in [0, 0.05) is 55.9 Å². The summed E-state index contributed by atoms with van der Waals surface area (Å²) in [4.78, 5) is 17.9. The number of hydrogen-bond donors (Lipinski definition) is 2. The van der Waals surface area contributed by atoms with Gasteiger partial charge in [0.1, 0.15) is 29.4 Å². The Labute approximate surface area is 238 Å². The van der Waals surface area contributed by atoms with Crippen LogP contribution >= 0.6 is 0 Å². The quantitative estimate of drug-likeness (QED) is 0.276. The molecule has 0 spiro atoms. The van der Waals surface area contributed by atoms with Gasteiger partial charge in [-0.15, -0.1) is 0 Å². The number of allylic oxidation sites excluding steroid dienone is 2. The van der Waals surface area contributed by atoms with Crippen LogP contribution in [0.3, 0.4) is 0 Å². The van der Waals surface area contributed by atoms with Gasteiger partial charge >= 0.3 is 6.01 Å². The lowest BCUT2D eigenvalue weighted by atomic mass is 10.0. The van der Waals surface area contributed by atoms with Gasteiger partial charge < -0.3 is 25.0 Å². The van der Waals surface area contributed by atoms with Crippen LogP contribution in [0.1, 0.15) is 19.8 Å². The molecule has 2 aromatic carbocycles. The number of benzene rings is 2. The molecule has 2 N–H and O–H groups in total. The number of aromatic nitrogens is 3. The Hall–Kier alpha value is -4.50. The number of pyridine rings is 1. The molecular weight excluding hydrogens is 519 g/mol. The average Bonchev–Trinajstić information content (AvgIpc) is 3.31. The molecule has 2 aliphatic heterocycles. The van der Waals surface area contributed by atoms with Crippen molar-refractivity contribution in [3.8, 4) is 23.0 Å². The van der Waals surface area contributed by atoms with Gasteiger partial charge in [0.2, 0.25) is 0 Å². The van der Waals surface area contributed by atoms with E-state index in [-0.39, 0.29) is 29.6 Å². The second-order valence-electron chi connectivity index (χ2n) is 10.9. The first-order chi connectivity index (χ1) is 19.8. The van der Waals surface area contributed by atoms with E-state index in [1.165, 1.54) is 6.07 Å². The molecule has 2 fully saturated rings. The van der Waals surface area contributed by atoms with Crippen LogP contribution in [0.15, 0.2) is 79.3 Å². The van der Waals surface area contributed by atoms with Crippen molar-refractivity contribution in [1.82, 2.24) is 25.2 Å². The van der Waals surface area contributed by atoms with Crippen molar-refractivity contribution in [3.63, 3.8) is 0 Å². The summed E-state index contributed by atoms with van der Waals surface area (Å²) in [5, 5.41) is 16.1. The lowest BCUT2D eigenvalue weighted by Gasteiger charge is -2.34. The van der Waals surface area contributed by atoms with Crippen molar-refractivity contribution in [2.24, 2.45) is 0 Å². The van der Waals surface area contributed by atoms with E-state index in [1.807, 2.05) is 55.4 Å². The van der Waals surface area contributed by atoms with Gasteiger partial charge in [-0.05, 0) is 48.7 Å². The third kappa shape index (κ3) is 5.32. The van der Waals surface area contributed by atoms with Gasteiger partial charge in [-0.3, -0.25) is 4.98 Å².